The Balaban J connectivity index is 3.90. The Hall–Kier alpha value is 0.860. The van der Waals surface area contributed by atoms with E-state index in [1.165, 1.54) is 0 Å². The van der Waals surface area contributed by atoms with Crippen LogP contribution in [0.1, 0.15) is 20.3 Å². The Morgan fingerprint density at radius 2 is 1.75 bits per heavy atom. The Bertz CT molecular complexity index is 144. The third kappa shape index (κ3) is 5.50. The van der Waals surface area contributed by atoms with E-state index in [1.807, 2.05) is 13.8 Å². The van der Waals surface area contributed by atoms with Gasteiger partial charge in [-0.1, -0.05) is 0 Å². The highest BCUT2D eigenvalue weighted by atomic mass is 35.5. The fourth-order valence-electron chi connectivity index (χ4n) is 0.813. The van der Waals surface area contributed by atoms with E-state index in [2.05, 4.69) is 0 Å². The van der Waals surface area contributed by atoms with Gasteiger partial charge in [0.1, 0.15) is 0 Å². The van der Waals surface area contributed by atoms with E-state index >= 15 is 0 Å². The molecule has 0 spiro atoms. The molecule has 0 bridgehead atoms. The van der Waals surface area contributed by atoms with Gasteiger partial charge in [0.05, 0.1) is 13.2 Å². The van der Waals surface area contributed by atoms with Gasteiger partial charge in [-0.15, -0.1) is 11.6 Å². The summed E-state index contributed by atoms with van der Waals surface area (Å²) in [6, 6.07) is 0. The summed E-state index contributed by atoms with van der Waals surface area (Å²) in [4.78, 5) is 0. The van der Waals surface area contributed by atoms with Crippen molar-refractivity contribution in [3.05, 3.63) is 0 Å². The maximum absolute atomic E-state index is 5.57. The number of hydrogen-bond acceptors (Lipinski definition) is 3. The van der Waals surface area contributed by atoms with Gasteiger partial charge in [0, 0.05) is 12.0 Å². The lowest BCUT2D eigenvalue weighted by Crippen LogP contribution is -2.00. The van der Waals surface area contributed by atoms with Gasteiger partial charge in [-0.05, 0) is 32.1 Å². The largest absolute Gasteiger partial charge is 0.330 e. The molecule has 74 valence electrons. The molecule has 5 heteroatoms. The van der Waals surface area contributed by atoms with E-state index < -0.39 is 6.49 Å². The Morgan fingerprint density at radius 1 is 1.25 bits per heavy atom. The highest BCUT2D eigenvalue weighted by molar-refractivity contribution is 8.09. The molecule has 0 fully saturated rings. The van der Waals surface area contributed by atoms with Crippen molar-refractivity contribution >= 4 is 29.9 Å². The van der Waals surface area contributed by atoms with Crippen LogP contribution in [-0.4, -0.2) is 25.3 Å². The molecule has 2 nitrogen and oxygen atoms in total. The minimum absolute atomic E-state index is 0.624. The molecule has 0 amide bonds. The van der Waals surface area contributed by atoms with Crippen LogP contribution in [0.3, 0.4) is 0 Å². The summed E-state index contributed by atoms with van der Waals surface area (Å²) >= 11 is 10.8. The van der Waals surface area contributed by atoms with Crippen molar-refractivity contribution in [2.75, 3.05) is 25.3 Å². The number of alkyl halides is 1. The van der Waals surface area contributed by atoms with Gasteiger partial charge in [-0.25, -0.2) is 0 Å². The van der Waals surface area contributed by atoms with Gasteiger partial charge >= 0.3 is 0 Å². The normalized spacial score (nSPS) is 11.9. The monoisotopic (exact) mass is 230 g/mol. The van der Waals surface area contributed by atoms with Crippen molar-refractivity contribution in [1.29, 1.82) is 0 Å². The molecular weight excluding hydrogens is 215 g/mol. The quantitative estimate of drug-likeness (QED) is 0.495. The van der Waals surface area contributed by atoms with Gasteiger partial charge in [-0.2, -0.15) is 0 Å². The summed E-state index contributed by atoms with van der Waals surface area (Å²) in [7, 11) is 0. The topological polar surface area (TPSA) is 18.5 Å². The highest BCUT2D eigenvalue weighted by Gasteiger charge is 2.16. The number of rotatable bonds is 7. The van der Waals surface area contributed by atoms with E-state index in [4.69, 9.17) is 32.5 Å². The molecule has 0 atom stereocenters. The minimum atomic E-state index is -1.99. The van der Waals surface area contributed by atoms with Crippen LogP contribution in [0.25, 0.3) is 0 Å². The lowest BCUT2D eigenvalue weighted by molar-refractivity contribution is 0.266. The zero-order valence-corrected chi connectivity index (χ0v) is 10.1. The first kappa shape index (κ1) is 12.9. The van der Waals surface area contributed by atoms with Crippen LogP contribution in [0.15, 0.2) is 0 Å². The van der Waals surface area contributed by atoms with Crippen LogP contribution in [-0.2, 0) is 20.9 Å². The first-order chi connectivity index (χ1) is 5.68. The molecule has 0 saturated heterocycles. The van der Waals surface area contributed by atoms with Crippen LogP contribution < -0.4 is 0 Å². The van der Waals surface area contributed by atoms with Crippen molar-refractivity contribution in [1.82, 2.24) is 0 Å². The summed E-state index contributed by atoms with van der Waals surface area (Å²) in [6.07, 6.45) is 1.66. The molecule has 0 aliphatic rings. The highest BCUT2D eigenvalue weighted by Crippen LogP contribution is 2.48. The van der Waals surface area contributed by atoms with Crippen LogP contribution in [0.2, 0.25) is 0 Å². The summed E-state index contributed by atoms with van der Waals surface area (Å²) in [6.45, 7) is 3.12. The van der Waals surface area contributed by atoms with Crippen LogP contribution in [0.4, 0.5) is 0 Å². The molecular formula is C7H16ClO2PS. The van der Waals surface area contributed by atoms with E-state index in [0.717, 1.165) is 12.6 Å². The minimum Gasteiger partial charge on any atom is -0.330 e. The van der Waals surface area contributed by atoms with Gasteiger partial charge in [0.2, 0.25) is 0 Å². The molecule has 12 heavy (non-hydrogen) atoms. The van der Waals surface area contributed by atoms with Gasteiger partial charge < -0.3 is 9.05 Å². The second-order valence-electron chi connectivity index (χ2n) is 2.21. The average molecular weight is 231 g/mol. The molecule has 0 heterocycles. The first-order valence-corrected chi connectivity index (χ1v) is 7.48. The third-order valence-corrected chi connectivity index (χ3v) is 4.83. The first-order valence-electron chi connectivity index (χ1n) is 4.12. The maximum atomic E-state index is 5.57. The molecule has 0 aromatic rings. The number of hydrogen-bond donors (Lipinski definition) is 0. The summed E-state index contributed by atoms with van der Waals surface area (Å²) in [5.41, 5.74) is 0. The molecule has 0 saturated carbocycles. The van der Waals surface area contributed by atoms with Crippen molar-refractivity contribution in [3.63, 3.8) is 0 Å². The Labute approximate surface area is 84.8 Å². The maximum Gasteiger partial charge on any atom is 0.188 e. The SMILES string of the molecule is CCOP(=S)(CCCCl)OCC. The molecule has 0 aromatic heterocycles. The van der Waals surface area contributed by atoms with Crippen molar-refractivity contribution in [3.8, 4) is 0 Å². The molecule has 0 aliphatic heterocycles. The molecule has 0 aromatic carbocycles. The zero-order chi connectivity index (χ0) is 9.45. The molecule has 0 unspecified atom stereocenters. The van der Waals surface area contributed by atoms with Crippen molar-refractivity contribution < 1.29 is 9.05 Å². The average Bonchev–Trinajstić information content (AvgIpc) is 2.02. The van der Waals surface area contributed by atoms with E-state index in [-0.39, 0.29) is 0 Å². The molecule has 0 N–H and O–H groups in total. The summed E-state index contributed by atoms with van der Waals surface area (Å²) in [5, 5.41) is 0. The van der Waals surface area contributed by atoms with Crippen LogP contribution >= 0.6 is 18.1 Å². The zero-order valence-electron chi connectivity index (χ0n) is 7.59. The van der Waals surface area contributed by atoms with Crippen molar-refractivity contribution in [2.45, 2.75) is 20.3 Å². The van der Waals surface area contributed by atoms with Crippen LogP contribution in [0, 0.1) is 0 Å². The second-order valence-corrected chi connectivity index (χ2v) is 6.45. The standard InChI is InChI=1S/C7H16ClO2PS/c1-3-9-11(12,10-4-2)7-5-6-8/h3-7H2,1-2H3. The second kappa shape index (κ2) is 7.28. The predicted octanol–water partition coefficient (Wildman–Crippen LogP) is 3.00. The Kier molecular flexibility index (Phi) is 7.80. The van der Waals surface area contributed by atoms with Gasteiger partial charge in [0.15, 0.2) is 6.49 Å². The lowest BCUT2D eigenvalue weighted by atomic mass is 10.6. The Morgan fingerprint density at radius 3 is 2.08 bits per heavy atom. The lowest BCUT2D eigenvalue weighted by Gasteiger charge is -2.20. The fourth-order valence-corrected chi connectivity index (χ4v) is 3.82. The van der Waals surface area contributed by atoms with E-state index in [9.17, 15) is 0 Å². The fraction of sp³-hybridized carbons (Fsp3) is 1.00. The summed E-state index contributed by atoms with van der Waals surface area (Å²) < 4.78 is 10.8. The molecule has 0 radical (unpaired) electrons. The predicted molar refractivity (Wildman–Crippen MR) is 57.7 cm³/mol. The van der Waals surface area contributed by atoms with Crippen LogP contribution in [0.5, 0.6) is 0 Å². The van der Waals surface area contributed by atoms with Gasteiger partial charge in [-0.3, -0.25) is 0 Å². The molecule has 0 aliphatic carbocycles. The third-order valence-electron chi connectivity index (χ3n) is 1.22. The smallest absolute Gasteiger partial charge is 0.188 e. The van der Waals surface area contributed by atoms with Crippen molar-refractivity contribution in [2.24, 2.45) is 0 Å². The number of halogens is 1. The summed E-state index contributed by atoms with van der Waals surface area (Å²) in [5.74, 6) is 0.624. The van der Waals surface area contributed by atoms with E-state index in [1.54, 1.807) is 0 Å². The van der Waals surface area contributed by atoms with Gasteiger partial charge in [0.25, 0.3) is 0 Å². The van der Waals surface area contributed by atoms with E-state index in [0.29, 0.717) is 19.1 Å². The molecule has 0 rings (SSSR count).